The number of anilines is 1. The van der Waals surface area contributed by atoms with Crippen LogP contribution in [-0.2, 0) is 11.2 Å². The van der Waals surface area contributed by atoms with E-state index in [0.717, 1.165) is 67.4 Å². The topological polar surface area (TPSA) is 58.6 Å². The predicted octanol–water partition coefficient (Wildman–Crippen LogP) is 4.11. The highest BCUT2D eigenvalue weighted by atomic mass is 16.5. The molecule has 6 heteroatoms. The van der Waals surface area contributed by atoms with Gasteiger partial charge >= 0.3 is 0 Å². The van der Waals surface area contributed by atoms with Crippen LogP contribution in [0, 0.1) is 26.7 Å². The molecular formula is C25H36N4O2. The molecule has 3 rings (SSSR count). The van der Waals surface area contributed by atoms with Gasteiger partial charge in [0, 0.05) is 45.4 Å². The van der Waals surface area contributed by atoms with Crippen LogP contribution < -0.4 is 9.64 Å². The molecule has 1 aromatic heterocycles. The summed E-state index contributed by atoms with van der Waals surface area (Å²) in [7, 11) is 4.01. The summed E-state index contributed by atoms with van der Waals surface area (Å²) >= 11 is 0. The Labute approximate surface area is 186 Å². The maximum absolute atomic E-state index is 12.6. The van der Waals surface area contributed by atoms with E-state index in [9.17, 15) is 4.79 Å². The van der Waals surface area contributed by atoms with Gasteiger partial charge in [0.15, 0.2) is 0 Å². The number of likely N-dealkylation sites (tertiary alicyclic amines) is 1. The lowest BCUT2D eigenvalue weighted by atomic mass is 9.92. The summed E-state index contributed by atoms with van der Waals surface area (Å²) in [5.74, 6) is 3.50. The second kappa shape index (κ2) is 10.6. The average Bonchev–Trinajstić information content (AvgIpc) is 2.72. The van der Waals surface area contributed by atoms with E-state index in [2.05, 4.69) is 42.0 Å². The van der Waals surface area contributed by atoms with Gasteiger partial charge in [-0.15, -0.1) is 0 Å². The average molecular weight is 425 g/mol. The van der Waals surface area contributed by atoms with Gasteiger partial charge in [-0.05, 0) is 64.0 Å². The molecule has 0 radical (unpaired) electrons. The van der Waals surface area contributed by atoms with Gasteiger partial charge in [-0.3, -0.25) is 4.79 Å². The Kier molecular flexibility index (Phi) is 7.88. The minimum absolute atomic E-state index is 0.246. The SMILES string of the molecule is Cc1ccc(OCCCC(=O)N2CCC(Cc3cc(N(C)C)nc(C)n3)CC2)c(C)c1. The van der Waals surface area contributed by atoms with Crippen molar-refractivity contribution in [1.29, 1.82) is 0 Å². The molecule has 0 N–H and O–H groups in total. The van der Waals surface area contributed by atoms with E-state index in [1.165, 1.54) is 5.56 Å². The van der Waals surface area contributed by atoms with Crippen molar-refractivity contribution in [3.63, 3.8) is 0 Å². The van der Waals surface area contributed by atoms with E-state index in [0.29, 0.717) is 18.9 Å². The van der Waals surface area contributed by atoms with Gasteiger partial charge in [-0.1, -0.05) is 17.7 Å². The molecule has 0 spiro atoms. The summed E-state index contributed by atoms with van der Waals surface area (Å²) < 4.78 is 5.86. The summed E-state index contributed by atoms with van der Waals surface area (Å²) in [6.07, 6.45) is 4.32. The van der Waals surface area contributed by atoms with Crippen molar-refractivity contribution in [2.75, 3.05) is 38.7 Å². The third-order valence-electron chi connectivity index (χ3n) is 5.92. The van der Waals surface area contributed by atoms with Gasteiger partial charge in [0.2, 0.25) is 5.91 Å². The fourth-order valence-corrected chi connectivity index (χ4v) is 4.15. The van der Waals surface area contributed by atoms with E-state index in [4.69, 9.17) is 4.74 Å². The Hall–Kier alpha value is -2.63. The Morgan fingerprint density at radius 3 is 2.55 bits per heavy atom. The first-order valence-corrected chi connectivity index (χ1v) is 11.3. The van der Waals surface area contributed by atoms with Gasteiger partial charge in [-0.25, -0.2) is 9.97 Å². The summed E-state index contributed by atoms with van der Waals surface area (Å²) in [4.78, 5) is 25.7. The molecule has 1 amide bonds. The van der Waals surface area contributed by atoms with Crippen LogP contribution in [0.1, 0.15) is 48.3 Å². The molecule has 0 unspecified atom stereocenters. The van der Waals surface area contributed by atoms with Crippen LogP contribution in [0.5, 0.6) is 5.75 Å². The number of piperidine rings is 1. The minimum Gasteiger partial charge on any atom is -0.493 e. The first kappa shape index (κ1) is 23.0. The second-order valence-electron chi connectivity index (χ2n) is 8.91. The Balaban J connectivity index is 1.39. The van der Waals surface area contributed by atoms with Gasteiger partial charge in [0.1, 0.15) is 17.4 Å². The standard InChI is InChI=1S/C25H36N4O2/c1-18-8-9-23(19(2)15-18)31-14-6-7-25(30)29-12-10-21(11-13-29)16-22-17-24(28(4)5)27-20(3)26-22/h8-9,15,17,21H,6-7,10-14,16H2,1-5H3. The van der Waals surface area contributed by atoms with Crippen LogP contribution in [0.15, 0.2) is 24.3 Å². The molecule has 0 bridgehead atoms. The molecule has 0 aliphatic carbocycles. The predicted molar refractivity (Wildman–Crippen MR) is 125 cm³/mol. The monoisotopic (exact) mass is 424 g/mol. The number of benzene rings is 1. The highest BCUT2D eigenvalue weighted by Gasteiger charge is 2.23. The molecule has 2 heterocycles. The number of ether oxygens (including phenoxy) is 1. The summed E-state index contributed by atoms with van der Waals surface area (Å²) in [6, 6.07) is 8.27. The highest BCUT2D eigenvalue weighted by Crippen LogP contribution is 2.23. The molecule has 31 heavy (non-hydrogen) atoms. The van der Waals surface area contributed by atoms with E-state index in [-0.39, 0.29) is 5.91 Å². The second-order valence-corrected chi connectivity index (χ2v) is 8.91. The van der Waals surface area contributed by atoms with Crippen molar-refractivity contribution in [3.8, 4) is 5.75 Å². The Bertz CT molecular complexity index is 889. The van der Waals surface area contributed by atoms with E-state index < -0.39 is 0 Å². The molecule has 0 saturated carbocycles. The molecule has 1 aliphatic rings. The number of nitrogens with zero attached hydrogens (tertiary/aromatic N) is 4. The first-order chi connectivity index (χ1) is 14.8. The Morgan fingerprint density at radius 2 is 1.87 bits per heavy atom. The molecule has 168 valence electrons. The quantitative estimate of drug-likeness (QED) is 0.597. The number of hydrogen-bond acceptors (Lipinski definition) is 5. The van der Waals surface area contributed by atoms with Gasteiger partial charge in [-0.2, -0.15) is 0 Å². The molecule has 0 atom stereocenters. The van der Waals surface area contributed by atoms with Crippen LogP contribution in [0.25, 0.3) is 0 Å². The lowest BCUT2D eigenvalue weighted by Gasteiger charge is -2.32. The van der Waals surface area contributed by atoms with Crippen molar-refractivity contribution in [2.45, 2.75) is 52.9 Å². The largest absolute Gasteiger partial charge is 0.493 e. The molecule has 1 fully saturated rings. The summed E-state index contributed by atoms with van der Waals surface area (Å²) in [6.45, 7) is 8.34. The van der Waals surface area contributed by atoms with Gasteiger partial charge < -0.3 is 14.5 Å². The number of amides is 1. The zero-order valence-electron chi connectivity index (χ0n) is 19.6. The lowest BCUT2D eigenvalue weighted by Crippen LogP contribution is -2.39. The van der Waals surface area contributed by atoms with Crippen LogP contribution in [0.4, 0.5) is 5.82 Å². The lowest BCUT2D eigenvalue weighted by molar-refractivity contribution is -0.132. The molecule has 6 nitrogen and oxygen atoms in total. The zero-order valence-corrected chi connectivity index (χ0v) is 19.6. The van der Waals surface area contributed by atoms with Crippen molar-refractivity contribution >= 4 is 11.7 Å². The fourth-order valence-electron chi connectivity index (χ4n) is 4.15. The van der Waals surface area contributed by atoms with E-state index in [1.54, 1.807) is 0 Å². The van der Waals surface area contributed by atoms with Crippen LogP contribution in [0.3, 0.4) is 0 Å². The molecular weight excluding hydrogens is 388 g/mol. The van der Waals surface area contributed by atoms with E-state index >= 15 is 0 Å². The van der Waals surface area contributed by atoms with E-state index in [1.807, 2.05) is 36.9 Å². The molecule has 2 aromatic rings. The summed E-state index contributed by atoms with van der Waals surface area (Å²) in [5, 5.41) is 0. The number of aromatic nitrogens is 2. The number of hydrogen-bond donors (Lipinski definition) is 0. The van der Waals surface area contributed by atoms with Gasteiger partial charge in [0.25, 0.3) is 0 Å². The van der Waals surface area contributed by atoms with Crippen LogP contribution in [-0.4, -0.2) is 54.6 Å². The van der Waals surface area contributed by atoms with Crippen molar-refractivity contribution < 1.29 is 9.53 Å². The molecule has 1 aromatic carbocycles. The fraction of sp³-hybridized carbons (Fsp3) is 0.560. The molecule has 1 saturated heterocycles. The Morgan fingerprint density at radius 1 is 1.13 bits per heavy atom. The normalized spacial score (nSPS) is 14.5. The van der Waals surface area contributed by atoms with Gasteiger partial charge in [0.05, 0.1) is 6.61 Å². The third-order valence-corrected chi connectivity index (χ3v) is 5.92. The number of aryl methyl sites for hydroxylation is 3. The number of rotatable bonds is 8. The minimum atomic E-state index is 0.246. The first-order valence-electron chi connectivity index (χ1n) is 11.3. The van der Waals surface area contributed by atoms with Crippen molar-refractivity contribution in [2.24, 2.45) is 5.92 Å². The third kappa shape index (κ3) is 6.68. The molecule has 1 aliphatic heterocycles. The van der Waals surface area contributed by atoms with Crippen LogP contribution in [0.2, 0.25) is 0 Å². The maximum atomic E-state index is 12.6. The number of carbonyl (C=O) groups is 1. The summed E-state index contributed by atoms with van der Waals surface area (Å²) in [5.41, 5.74) is 3.48. The number of carbonyl (C=O) groups excluding carboxylic acids is 1. The van der Waals surface area contributed by atoms with Crippen LogP contribution >= 0.6 is 0 Å². The smallest absolute Gasteiger partial charge is 0.222 e. The zero-order chi connectivity index (χ0) is 22.4. The van der Waals surface area contributed by atoms with Crippen molar-refractivity contribution in [1.82, 2.24) is 14.9 Å². The maximum Gasteiger partial charge on any atom is 0.222 e. The highest BCUT2D eigenvalue weighted by molar-refractivity contribution is 5.76. The van der Waals surface area contributed by atoms with Crippen molar-refractivity contribution in [3.05, 3.63) is 46.9 Å².